The zero-order valence-electron chi connectivity index (χ0n) is 12.7. The molecule has 0 radical (unpaired) electrons. The standard InChI is InChI=1S/C19H20NO2/c1-15(16-9-4-2-5-10-16)20(14-8-13-18(20)21)19(22)17-11-6-3-7-12-17/h2-7,9-12,15H,8,13-14H2,1H3/q+1/t15-,20?/m1/s1. The van der Waals surface area contributed by atoms with Crippen LogP contribution in [0.4, 0.5) is 0 Å². The van der Waals surface area contributed by atoms with Crippen LogP contribution in [0.15, 0.2) is 60.7 Å². The number of hydrogen-bond acceptors (Lipinski definition) is 2. The van der Waals surface area contributed by atoms with Gasteiger partial charge in [0, 0.05) is 12.0 Å². The molecule has 2 amide bonds. The Morgan fingerprint density at radius 1 is 1.00 bits per heavy atom. The SMILES string of the molecule is C[C@H](c1ccccc1)[N+]1(C(=O)c2ccccc2)CCCC1=O. The number of amides is 2. The first-order chi connectivity index (χ1) is 10.7. The van der Waals surface area contributed by atoms with Gasteiger partial charge in [0.15, 0.2) is 0 Å². The Kier molecular flexibility index (Phi) is 3.90. The number of benzene rings is 2. The fraction of sp³-hybridized carbons (Fsp3) is 0.263. The van der Waals surface area contributed by atoms with Gasteiger partial charge in [-0.05, 0) is 19.1 Å². The summed E-state index contributed by atoms with van der Waals surface area (Å²) in [4.78, 5) is 25.8. The maximum Gasteiger partial charge on any atom is 0.353 e. The van der Waals surface area contributed by atoms with Crippen molar-refractivity contribution < 1.29 is 14.1 Å². The van der Waals surface area contributed by atoms with E-state index in [9.17, 15) is 9.59 Å². The van der Waals surface area contributed by atoms with Crippen LogP contribution in [-0.4, -0.2) is 22.8 Å². The Labute approximate surface area is 130 Å². The maximum atomic E-state index is 13.1. The summed E-state index contributed by atoms with van der Waals surface area (Å²) >= 11 is 0. The van der Waals surface area contributed by atoms with E-state index in [1.165, 1.54) is 0 Å². The summed E-state index contributed by atoms with van der Waals surface area (Å²) in [5.74, 6) is -0.0512. The number of carbonyl (C=O) groups excluding carboxylic acids is 2. The van der Waals surface area contributed by atoms with Gasteiger partial charge in [-0.15, -0.1) is 0 Å². The monoisotopic (exact) mass is 294 g/mol. The highest BCUT2D eigenvalue weighted by Gasteiger charge is 2.52. The lowest BCUT2D eigenvalue weighted by Gasteiger charge is -2.35. The van der Waals surface area contributed by atoms with Crippen LogP contribution < -0.4 is 0 Å². The molecule has 2 aromatic carbocycles. The predicted octanol–water partition coefficient (Wildman–Crippen LogP) is 3.73. The molecule has 0 saturated carbocycles. The quantitative estimate of drug-likeness (QED) is 0.638. The van der Waals surface area contributed by atoms with Gasteiger partial charge >= 0.3 is 11.8 Å². The van der Waals surface area contributed by atoms with E-state index in [1.54, 1.807) is 12.1 Å². The highest BCUT2D eigenvalue weighted by Crippen LogP contribution is 2.36. The van der Waals surface area contributed by atoms with E-state index in [0.29, 0.717) is 18.5 Å². The number of imide groups is 1. The van der Waals surface area contributed by atoms with Crippen LogP contribution in [0.25, 0.3) is 0 Å². The third-order valence-electron chi connectivity index (χ3n) is 4.67. The van der Waals surface area contributed by atoms with Crippen LogP contribution in [-0.2, 0) is 4.79 Å². The third kappa shape index (κ3) is 2.28. The summed E-state index contributed by atoms with van der Waals surface area (Å²) in [6.45, 7) is 2.57. The van der Waals surface area contributed by atoms with E-state index in [2.05, 4.69) is 0 Å². The first-order valence-electron chi connectivity index (χ1n) is 7.72. The van der Waals surface area contributed by atoms with Crippen LogP contribution in [0.1, 0.15) is 41.7 Å². The average Bonchev–Trinajstić information content (AvgIpc) is 2.97. The fourth-order valence-electron chi connectivity index (χ4n) is 3.40. The smallest absolute Gasteiger partial charge is 0.230 e. The Morgan fingerprint density at radius 3 is 2.14 bits per heavy atom. The van der Waals surface area contributed by atoms with E-state index in [4.69, 9.17) is 0 Å². The molecule has 3 nitrogen and oxygen atoms in total. The van der Waals surface area contributed by atoms with Crippen molar-refractivity contribution in [1.82, 2.24) is 0 Å². The zero-order valence-corrected chi connectivity index (χ0v) is 12.7. The van der Waals surface area contributed by atoms with Crippen LogP contribution >= 0.6 is 0 Å². The highest BCUT2D eigenvalue weighted by molar-refractivity contribution is 5.97. The Morgan fingerprint density at radius 2 is 1.59 bits per heavy atom. The lowest BCUT2D eigenvalue weighted by atomic mass is 10.0. The minimum absolute atomic E-state index is 0.0326. The molecule has 1 saturated heterocycles. The molecular weight excluding hydrogens is 274 g/mol. The topological polar surface area (TPSA) is 34.1 Å². The van der Waals surface area contributed by atoms with Crippen molar-refractivity contribution >= 4 is 11.8 Å². The zero-order chi connectivity index (χ0) is 15.6. The van der Waals surface area contributed by atoms with E-state index in [1.807, 2.05) is 55.5 Å². The molecule has 1 fully saturated rings. The molecule has 0 aromatic heterocycles. The predicted molar refractivity (Wildman–Crippen MR) is 85.0 cm³/mol. The highest BCUT2D eigenvalue weighted by atomic mass is 16.2. The molecule has 112 valence electrons. The van der Waals surface area contributed by atoms with Gasteiger partial charge in [-0.1, -0.05) is 48.5 Å². The number of carbonyl (C=O) groups is 2. The first-order valence-corrected chi connectivity index (χ1v) is 7.72. The van der Waals surface area contributed by atoms with E-state index in [0.717, 1.165) is 12.0 Å². The molecule has 0 bridgehead atoms. The second kappa shape index (κ2) is 5.85. The van der Waals surface area contributed by atoms with Gasteiger partial charge in [-0.25, -0.2) is 9.59 Å². The summed E-state index contributed by atoms with van der Waals surface area (Å²) in [7, 11) is 0. The number of likely N-dealkylation sites (tertiary alicyclic amines) is 1. The summed E-state index contributed by atoms with van der Waals surface area (Å²) in [5.41, 5.74) is 1.64. The van der Waals surface area contributed by atoms with Gasteiger partial charge in [0.25, 0.3) is 0 Å². The van der Waals surface area contributed by atoms with Gasteiger partial charge in [0.1, 0.15) is 6.04 Å². The summed E-state index contributed by atoms with van der Waals surface area (Å²) in [6, 6.07) is 18.9. The Bertz CT molecular complexity index is 681. The van der Waals surface area contributed by atoms with Crippen molar-refractivity contribution in [3.63, 3.8) is 0 Å². The molecule has 3 heteroatoms. The Balaban J connectivity index is 2.07. The van der Waals surface area contributed by atoms with Crippen molar-refractivity contribution in [2.75, 3.05) is 6.54 Å². The van der Waals surface area contributed by atoms with Crippen LogP contribution in [0.5, 0.6) is 0 Å². The molecular formula is C19H20NO2+. The van der Waals surface area contributed by atoms with E-state index in [-0.39, 0.29) is 22.3 Å². The maximum absolute atomic E-state index is 13.1. The van der Waals surface area contributed by atoms with Crippen molar-refractivity contribution in [1.29, 1.82) is 0 Å². The lowest BCUT2D eigenvalue weighted by molar-refractivity contribution is -0.795. The van der Waals surface area contributed by atoms with E-state index < -0.39 is 0 Å². The molecule has 2 atom stereocenters. The van der Waals surface area contributed by atoms with Gasteiger partial charge in [0.05, 0.1) is 18.5 Å². The first kappa shape index (κ1) is 14.7. The minimum Gasteiger partial charge on any atom is -0.230 e. The van der Waals surface area contributed by atoms with Crippen LogP contribution in [0, 0.1) is 0 Å². The van der Waals surface area contributed by atoms with Crippen LogP contribution in [0.3, 0.4) is 0 Å². The molecule has 1 aliphatic rings. The van der Waals surface area contributed by atoms with Crippen molar-refractivity contribution in [2.24, 2.45) is 0 Å². The van der Waals surface area contributed by atoms with Crippen molar-refractivity contribution in [3.05, 3.63) is 71.8 Å². The molecule has 1 heterocycles. The fourth-order valence-corrected chi connectivity index (χ4v) is 3.40. The molecule has 2 aromatic rings. The van der Waals surface area contributed by atoms with Crippen LogP contribution in [0.2, 0.25) is 0 Å². The average molecular weight is 294 g/mol. The number of hydrogen-bond donors (Lipinski definition) is 0. The molecule has 0 aliphatic carbocycles. The minimum atomic E-state index is -0.163. The van der Waals surface area contributed by atoms with Gasteiger partial charge < -0.3 is 0 Å². The second-order valence-corrected chi connectivity index (χ2v) is 5.85. The molecule has 22 heavy (non-hydrogen) atoms. The molecule has 3 rings (SSSR count). The molecule has 0 spiro atoms. The third-order valence-corrected chi connectivity index (χ3v) is 4.67. The lowest BCUT2D eigenvalue weighted by Crippen LogP contribution is -2.55. The summed E-state index contributed by atoms with van der Waals surface area (Å²) < 4.78 is -0.0893. The van der Waals surface area contributed by atoms with Crippen molar-refractivity contribution in [3.8, 4) is 0 Å². The second-order valence-electron chi connectivity index (χ2n) is 5.85. The number of nitrogens with zero attached hydrogens (tertiary/aromatic N) is 1. The Hall–Kier alpha value is -2.26. The van der Waals surface area contributed by atoms with Gasteiger partial charge in [-0.3, -0.25) is 0 Å². The summed E-state index contributed by atoms with van der Waals surface area (Å²) in [5, 5.41) is 0. The molecule has 1 unspecified atom stereocenters. The number of rotatable bonds is 3. The molecule has 0 N–H and O–H groups in total. The van der Waals surface area contributed by atoms with Gasteiger partial charge in [-0.2, -0.15) is 4.48 Å². The largest absolute Gasteiger partial charge is 0.353 e. The van der Waals surface area contributed by atoms with Gasteiger partial charge in [0.2, 0.25) is 0 Å². The number of quaternary nitrogens is 1. The summed E-state index contributed by atoms with van der Waals surface area (Å²) in [6.07, 6.45) is 1.25. The normalized spacial score (nSPS) is 22.5. The van der Waals surface area contributed by atoms with E-state index >= 15 is 0 Å². The molecule has 1 aliphatic heterocycles. The van der Waals surface area contributed by atoms with Crippen molar-refractivity contribution in [2.45, 2.75) is 25.8 Å².